The number of carboxylic acids is 1. The number of ether oxygens (including phenoxy) is 2. The Labute approximate surface area is 158 Å². The van der Waals surface area contributed by atoms with Gasteiger partial charge in [-0.25, -0.2) is 0 Å². The zero-order valence-electron chi connectivity index (χ0n) is 15.5. The third-order valence-electron chi connectivity index (χ3n) is 4.57. The van der Waals surface area contributed by atoms with E-state index in [9.17, 15) is 9.90 Å². The maximum Gasteiger partial charge on any atom is 0.325 e. The van der Waals surface area contributed by atoms with E-state index in [-0.39, 0.29) is 0 Å². The molecule has 6 heteroatoms. The topological polar surface area (TPSA) is 71.9 Å². The molecule has 0 fully saturated rings. The molecule has 3 rings (SSSR count). The minimum absolute atomic E-state index is 0.454. The highest BCUT2D eigenvalue weighted by Crippen LogP contribution is 2.33. The molecule has 1 aromatic heterocycles. The van der Waals surface area contributed by atoms with E-state index >= 15 is 0 Å². The zero-order valence-corrected chi connectivity index (χ0v) is 15.5. The number of benzene rings is 2. The Bertz CT molecular complexity index is 953. The van der Waals surface area contributed by atoms with Crippen molar-refractivity contribution in [2.24, 2.45) is 0 Å². The maximum absolute atomic E-state index is 12.1. The van der Waals surface area contributed by atoms with Crippen molar-refractivity contribution < 1.29 is 19.4 Å². The number of para-hydroxylation sites is 1. The smallest absolute Gasteiger partial charge is 0.325 e. The molecule has 0 unspecified atom stereocenters. The van der Waals surface area contributed by atoms with E-state index in [1.807, 2.05) is 30.3 Å². The summed E-state index contributed by atoms with van der Waals surface area (Å²) in [6.07, 6.45) is 1.75. The first-order chi connectivity index (χ1) is 13.0. The number of fused-ring (bicyclic) bond motifs is 1. The van der Waals surface area contributed by atoms with Gasteiger partial charge >= 0.3 is 5.97 Å². The van der Waals surface area contributed by atoms with E-state index in [1.54, 1.807) is 43.5 Å². The van der Waals surface area contributed by atoms with Crippen LogP contribution in [0.1, 0.15) is 17.2 Å². The number of carboxylic acid groups (broad SMARTS) is 1. The lowest BCUT2D eigenvalue weighted by Gasteiger charge is -2.27. The number of hydrogen-bond donors (Lipinski definition) is 1. The second kappa shape index (κ2) is 8.05. The molecule has 3 aromatic rings. The third kappa shape index (κ3) is 3.85. The second-order valence-electron chi connectivity index (χ2n) is 6.25. The Morgan fingerprint density at radius 3 is 2.63 bits per heavy atom. The van der Waals surface area contributed by atoms with Crippen LogP contribution in [0.15, 0.2) is 54.7 Å². The molecule has 0 saturated heterocycles. The number of aliphatic carboxylic acids is 1. The molecule has 1 atom stereocenters. The number of pyridine rings is 1. The van der Waals surface area contributed by atoms with E-state index in [0.29, 0.717) is 23.6 Å². The summed E-state index contributed by atoms with van der Waals surface area (Å²) < 4.78 is 10.6. The van der Waals surface area contributed by atoms with E-state index in [4.69, 9.17) is 9.47 Å². The minimum atomic E-state index is -0.945. The average Bonchev–Trinajstić information content (AvgIpc) is 2.68. The van der Waals surface area contributed by atoms with Crippen LogP contribution in [0.4, 0.5) is 0 Å². The van der Waals surface area contributed by atoms with Crippen LogP contribution < -0.4 is 9.47 Å². The van der Waals surface area contributed by atoms with Gasteiger partial charge in [-0.1, -0.05) is 18.2 Å². The number of likely N-dealkylation sites (N-methyl/N-ethyl adjacent to an activating group) is 1. The van der Waals surface area contributed by atoms with Gasteiger partial charge in [-0.05, 0) is 36.9 Å². The van der Waals surface area contributed by atoms with Crippen LogP contribution in [0.2, 0.25) is 0 Å². The average molecular weight is 366 g/mol. The van der Waals surface area contributed by atoms with Crippen LogP contribution in [0.3, 0.4) is 0 Å². The molecule has 0 saturated carbocycles. The molecular weight excluding hydrogens is 344 g/mol. The molecular formula is C21H22N2O4. The summed E-state index contributed by atoms with van der Waals surface area (Å²) in [7, 11) is 4.87. The Morgan fingerprint density at radius 2 is 1.93 bits per heavy atom. The van der Waals surface area contributed by atoms with E-state index in [1.165, 1.54) is 7.11 Å². The van der Waals surface area contributed by atoms with Gasteiger partial charge in [-0.3, -0.25) is 14.7 Å². The molecule has 0 aliphatic carbocycles. The standard InChI is InChI=1S/C21H22N2O4/c1-23(13-14-10-11-22-18-7-5-4-6-16(14)18)20(21(24)25)17-9-8-15(26-2)12-19(17)27-3/h4-12,20H,13H2,1-3H3,(H,24,25)/t20-/m0/s1. The number of carbonyl (C=O) groups is 1. The first-order valence-electron chi connectivity index (χ1n) is 8.52. The first kappa shape index (κ1) is 18.7. The van der Waals surface area contributed by atoms with Crippen LogP contribution in [-0.2, 0) is 11.3 Å². The van der Waals surface area contributed by atoms with Gasteiger partial charge < -0.3 is 14.6 Å². The summed E-state index contributed by atoms with van der Waals surface area (Å²) in [6, 6.07) is 14.1. The van der Waals surface area contributed by atoms with Crippen molar-refractivity contribution in [1.29, 1.82) is 0 Å². The summed E-state index contributed by atoms with van der Waals surface area (Å²) in [5.74, 6) is 0.148. The van der Waals surface area contributed by atoms with E-state index in [0.717, 1.165) is 16.5 Å². The number of methoxy groups -OCH3 is 2. The molecule has 0 aliphatic heterocycles. The molecule has 0 amide bonds. The molecule has 1 heterocycles. The van der Waals surface area contributed by atoms with Gasteiger partial charge in [0.05, 0.1) is 19.7 Å². The number of hydrogen-bond acceptors (Lipinski definition) is 5. The van der Waals surface area contributed by atoms with Gasteiger partial charge in [0.1, 0.15) is 17.5 Å². The quantitative estimate of drug-likeness (QED) is 0.690. The summed E-state index contributed by atoms with van der Waals surface area (Å²) in [5, 5.41) is 10.9. The highest BCUT2D eigenvalue weighted by atomic mass is 16.5. The molecule has 0 radical (unpaired) electrons. The van der Waals surface area contributed by atoms with Crippen LogP contribution in [0.25, 0.3) is 10.9 Å². The number of nitrogens with zero attached hydrogens (tertiary/aromatic N) is 2. The summed E-state index contributed by atoms with van der Waals surface area (Å²) in [6.45, 7) is 0.454. The zero-order chi connectivity index (χ0) is 19.4. The van der Waals surface area contributed by atoms with Crippen molar-refractivity contribution in [3.05, 3.63) is 65.9 Å². The van der Waals surface area contributed by atoms with Gasteiger partial charge in [-0.15, -0.1) is 0 Å². The summed E-state index contributed by atoms with van der Waals surface area (Å²) in [5.41, 5.74) is 2.48. The fraction of sp³-hybridized carbons (Fsp3) is 0.238. The predicted molar refractivity (Wildman–Crippen MR) is 103 cm³/mol. The Morgan fingerprint density at radius 1 is 1.15 bits per heavy atom. The highest BCUT2D eigenvalue weighted by Gasteiger charge is 2.28. The summed E-state index contributed by atoms with van der Waals surface area (Å²) in [4.78, 5) is 18.2. The van der Waals surface area contributed by atoms with Crippen molar-refractivity contribution >= 4 is 16.9 Å². The first-order valence-corrected chi connectivity index (χ1v) is 8.52. The fourth-order valence-electron chi connectivity index (χ4n) is 3.26. The lowest BCUT2D eigenvalue weighted by Crippen LogP contribution is -2.31. The monoisotopic (exact) mass is 366 g/mol. The normalized spacial score (nSPS) is 12.1. The van der Waals surface area contributed by atoms with Crippen LogP contribution in [0, 0.1) is 0 Å². The van der Waals surface area contributed by atoms with Crippen LogP contribution in [-0.4, -0.2) is 42.2 Å². The Kier molecular flexibility index (Phi) is 5.57. The van der Waals surface area contributed by atoms with Crippen LogP contribution in [0.5, 0.6) is 11.5 Å². The van der Waals surface area contributed by atoms with E-state index in [2.05, 4.69) is 4.98 Å². The van der Waals surface area contributed by atoms with Crippen molar-refractivity contribution in [3.8, 4) is 11.5 Å². The molecule has 0 spiro atoms. The predicted octanol–water partition coefficient (Wildman–Crippen LogP) is 3.51. The fourth-order valence-corrected chi connectivity index (χ4v) is 3.26. The molecule has 1 N–H and O–H groups in total. The second-order valence-corrected chi connectivity index (χ2v) is 6.25. The van der Waals surface area contributed by atoms with Gasteiger partial charge in [0.15, 0.2) is 0 Å². The molecule has 2 aromatic carbocycles. The lowest BCUT2D eigenvalue weighted by atomic mass is 10.0. The molecule has 27 heavy (non-hydrogen) atoms. The van der Waals surface area contributed by atoms with Gasteiger partial charge in [0.2, 0.25) is 0 Å². The van der Waals surface area contributed by atoms with Crippen molar-refractivity contribution in [1.82, 2.24) is 9.88 Å². The number of rotatable bonds is 7. The largest absolute Gasteiger partial charge is 0.497 e. The molecule has 0 aliphatic rings. The summed E-state index contributed by atoms with van der Waals surface area (Å²) >= 11 is 0. The maximum atomic E-state index is 12.1. The molecule has 6 nitrogen and oxygen atoms in total. The Balaban J connectivity index is 1.97. The van der Waals surface area contributed by atoms with Crippen molar-refractivity contribution in [2.75, 3.05) is 21.3 Å². The third-order valence-corrected chi connectivity index (χ3v) is 4.57. The Hall–Kier alpha value is -3.12. The van der Waals surface area contributed by atoms with Crippen molar-refractivity contribution in [3.63, 3.8) is 0 Å². The number of aromatic nitrogens is 1. The molecule has 140 valence electrons. The minimum Gasteiger partial charge on any atom is -0.497 e. The SMILES string of the molecule is COc1ccc([C@@H](C(=O)O)N(C)Cc2ccnc3ccccc23)c(OC)c1. The lowest BCUT2D eigenvalue weighted by molar-refractivity contribution is -0.143. The van der Waals surface area contributed by atoms with Crippen LogP contribution >= 0.6 is 0 Å². The molecule has 0 bridgehead atoms. The highest BCUT2D eigenvalue weighted by molar-refractivity contribution is 5.82. The van der Waals surface area contributed by atoms with Crippen molar-refractivity contribution in [2.45, 2.75) is 12.6 Å². The van der Waals surface area contributed by atoms with Gasteiger partial charge in [0, 0.05) is 29.8 Å². The van der Waals surface area contributed by atoms with E-state index < -0.39 is 12.0 Å². The van der Waals surface area contributed by atoms with Gasteiger partial charge in [-0.2, -0.15) is 0 Å². The van der Waals surface area contributed by atoms with Gasteiger partial charge in [0.25, 0.3) is 0 Å².